The van der Waals surface area contributed by atoms with Gasteiger partial charge in [0.25, 0.3) is 0 Å². The van der Waals surface area contributed by atoms with Gasteiger partial charge < -0.3 is 9.88 Å². The summed E-state index contributed by atoms with van der Waals surface area (Å²) in [6, 6.07) is 5.47. The first-order valence-electron chi connectivity index (χ1n) is 7.55. The molecule has 0 fully saturated rings. The SMILES string of the molecule is CCCn1c(=S)sc2c(NCc3ccc(Cl)cc3Cl)nc(C)nc21. The first-order valence-corrected chi connectivity index (χ1v) is 9.53. The third-order valence-corrected chi connectivity index (χ3v) is 5.57. The molecule has 0 unspecified atom stereocenters. The molecular formula is C16H16Cl2N4S2. The van der Waals surface area contributed by atoms with Crippen molar-refractivity contribution in [2.75, 3.05) is 5.32 Å². The molecule has 126 valence electrons. The Morgan fingerprint density at radius 2 is 2.08 bits per heavy atom. The van der Waals surface area contributed by atoms with E-state index in [0.717, 1.165) is 38.6 Å². The van der Waals surface area contributed by atoms with Crippen LogP contribution in [-0.2, 0) is 13.1 Å². The maximum atomic E-state index is 6.24. The fraction of sp³-hybridized carbons (Fsp3) is 0.312. The summed E-state index contributed by atoms with van der Waals surface area (Å²) in [6.07, 6.45) is 1.01. The number of anilines is 1. The Morgan fingerprint density at radius 3 is 2.79 bits per heavy atom. The molecule has 3 rings (SSSR count). The smallest absolute Gasteiger partial charge is 0.163 e. The largest absolute Gasteiger partial charge is 0.365 e. The van der Waals surface area contributed by atoms with Crippen LogP contribution in [-0.4, -0.2) is 14.5 Å². The van der Waals surface area contributed by atoms with Gasteiger partial charge >= 0.3 is 0 Å². The van der Waals surface area contributed by atoms with Gasteiger partial charge in [0.05, 0.1) is 0 Å². The van der Waals surface area contributed by atoms with Crippen molar-refractivity contribution >= 4 is 62.9 Å². The van der Waals surface area contributed by atoms with Gasteiger partial charge in [0.2, 0.25) is 0 Å². The van der Waals surface area contributed by atoms with Crippen LogP contribution in [0.5, 0.6) is 0 Å². The number of benzene rings is 1. The Balaban J connectivity index is 1.97. The zero-order chi connectivity index (χ0) is 17.3. The Morgan fingerprint density at radius 1 is 1.29 bits per heavy atom. The molecule has 0 aliphatic heterocycles. The van der Waals surface area contributed by atoms with Gasteiger partial charge in [-0.15, -0.1) is 0 Å². The number of thiazole rings is 1. The third kappa shape index (κ3) is 3.57. The summed E-state index contributed by atoms with van der Waals surface area (Å²) in [5.41, 5.74) is 1.85. The number of hydrogen-bond donors (Lipinski definition) is 1. The molecule has 24 heavy (non-hydrogen) atoms. The molecule has 0 bridgehead atoms. The van der Waals surface area contributed by atoms with Crippen molar-refractivity contribution < 1.29 is 0 Å². The predicted octanol–water partition coefficient (Wildman–Crippen LogP) is 5.86. The van der Waals surface area contributed by atoms with Crippen molar-refractivity contribution in [2.45, 2.75) is 33.4 Å². The number of hydrogen-bond acceptors (Lipinski definition) is 5. The first kappa shape index (κ1) is 17.6. The van der Waals surface area contributed by atoms with E-state index in [2.05, 4.69) is 26.8 Å². The molecule has 0 spiro atoms. The van der Waals surface area contributed by atoms with E-state index in [1.807, 2.05) is 19.1 Å². The minimum Gasteiger partial charge on any atom is -0.365 e. The van der Waals surface area contributed by atoms with E-state index >= 15 is 0 Å². The lowest BCUT2D eigenvalue weighted by molar-refractivity contribution is 0.693. The summed E-state index contributed by atoms with van der Waals surface area (Å²) in [5.74, 6) is 1.50. The molecule has 1 aromatic carbocycles. The molecule has 0 aliphatic carbocycles. The normalized spacial score (nSPS) is 11.2. The summed E-state index contributed by atoms with van der Waals surface area (Å²) in [5, 5.41) is 4.62. The van der Waals surface area contributed by atoms with Crippen molar-refractivity contribution in [1.82, 2.24) is 14.5 Å². The van der Waals surface area contributed by atoms with Crippen molar-refractivity contribution in [3.63, 3.8) is 0 Å². The van der Waals surface area contributed by atoms with Gasteiger partial charge in [-0.05, 0) is 43.3 Å². The van der Waals surface area contributed by atoms with Crippen LogP contribution < -0.4 is 5.32 Å². The predicted molar refractivity (Wildman–Crippen MR) is 105 cm³/mol. The molecule has 8 heteroatoms. The van der Waals surface area contributed by atoms with E-state index in [0.29, 0.717) is 22.4 Å². The van der Waals surface area contributed by atoms with E-state index in [4.69, 9.17) is 35.4 Å². The van der Waals surface area contributed by atoms with Crippen LogP contribution >= 0.6 is 46.8 Å². The van der Waals surface area contributed by atoms with E-state index in [-0.39, 0.29) is 0 Å². The summed E-state index contributed by atoms with van der Waals surface area (Å²) in [7, 11) is 0. The van der Waals surface area contributed by atoms with Gasteiger partial charge in [-0.2, -0.15) is 0 Å². The quantitative estimate of drug-likeness (QED) is 0.546. The molecule has 3 aromatic rings. The van der Waals surface area contributed by atoms with Gasteiger partial charge in [-0.3, -0.25) is 0 Å². The second-order valence-electron chi connectivity index (χ2n) is 5.38. The van der Waals surface area contributed by atoms with E-state index < -0.39 is 0 Å². The Labute approximate surface area is 159 Å². The van der Waals surface area contributed by atoms with E-state index in [1.165, 1.54) is 11.3 Å². The van der Waals surface area contributed by atoms with Crippen LogP contribution in [0.15, 0.2) is 18.2 Å². The molecule has 0 saturated heterocycles. The average molecular weight is 399 g/mol. The fourth-order valence-corrected chi connectivity index (χ4v) is 4.27. The van der Waals surface area contributed by atoms with E-state index in [1.54, 1.807) is 6.07 Å². The highest BCUT2D eigenvalue weighted by Crippen LogP contribution is 2.29. The Hall–Kier alpha value is -1.21. The van der Waals surface area contributed by atoms with Gasteiger partial charge in [0.15, 0.2) is 9.60 Å². The zero-order valence-electron chi connectivity index (χ0n) is 13.3. The number of nitrogens with one attached hydrogen (secondary N) is 1. The summed E-state index contributed by atoms with van der Waals surface area (Å²) in [4.78, 5) is 9.11. The monoisotopic (exact) mass is 398 g/mol. The highest BCUT2D eigenvalue weighted by atomic mass is 35.5. The van der Waals surface area contributed by atoms with Crippen LogP contribution in [0.1, 0.15) is 24.7 Å². The lowest BCUT2D eigenvalue weighted by atomic mass is 10.2. The lowest BCUT2D eigenvalue weighted by Crippen LogP contribution is -2.05. The van der Waals surface area contributed by atoms with Crippen LogP contribution in [0.3, 0.4) is 0 Å². The molecule has 0 saturated carbocycles. The van der Waals surface area contributed by atoms with E-state index in [9.17, 15) is 0 Å². The van der Waals surface area contributed by atoms with Crippen LogP contribution in [0.25, 0.3) is 10.3 Å². The molecule has 0 aliphatic rings. The fourth-order valence-electron chi connectivity index (χ4n) is 2.44. The highest BCUT2D eigenvalue weighted by molar-refractivity contribution is 7.73. The molecule has 4 nitrogen and oxygen atoms in total. The first-order chi connectivity index (χ1) is 11.5. The van der Waals surface area contributed by atoms with Crippen LogP contribution in [0.4, 0.5) is 5.82 Å². The maximum Gasteiger partial charge on any atom is 0.163 e. The minimum atomic E-state index is 0.556. The minimum absolute atomic E-state index is 0.556. The number of rotatable bonds is 5. The topological polar surface area (TPSA) is 42.7 Å². The van der Waals surface area contributed by atoms with Gasteiger partial charge in [-0.1, -0.05) is 47.5 Å². The van der Waals surface area contributed by atoms with Crippen LogP contribution in [0, 0.1) is 10.9 Å². The number of fused-ring (bicyclic) bond motifs is 1. The van der Waals surface area contributed by atoms with Crippen molar-refractivity contribution in [1.29, 1.82) is 0 Å². The average Bonchev–Trinajstić information content (AvgIpc) is 2.83. The summed E-state index contributed by atoms with van der Waals surface area (Å²) in [6.45, 7) is 5.43. The maximum absolute atomic E-state index is 6.24. The van der Waals surface area contributed by atoms with Gasteiger partial charge in [0, 0.05) is 23.1 Å². The number of halogens is 2. The molecule has 0 radical (unpaired) electrons. The molecule has 2 heterocycles. The zero-order valence-corrected chi connectivity index (χ0v) is 16.4. The third-order valence-electron chi connectivity index (χ3n) is 3.53. The molecule has 0 atom stereocenters. The number of aryl methyl sites for hydroxylation is 2. The Bertz CT molecular complexity index is 949. The molecule has 2 aromatic heterocycles. The van der Waals surface area contributed by atoms with Gasteiger partial charge in [-0.25, -0.2) is 9.97 Å². The second kappa shape index (κ2) is 7.35. The lowest BCUT2D eigenvalue weighted by Gasteiger charge is -2.10. The highest BCUT2D eigenvalue weighted by Gasteiger charge is 2.13. The van der Waals surface area contributed by atoms with Crippen LogP contribution in [0.2, 0.25) is 10.0 Å². The standard InChI is InChI=1S/C16H16Cl2N4S2/c1-3-6-22-15-13(24-16(22)23)14(20-9(2)21-15)19-8-10-4-5-11(17)7-12(10)18/h4-5,7H,3,6,8H2,1-2H3,(H,19,20,21). The summed E-state index contributed by atoms with van der Waals surface area (Å²) >= 11 is 19.2. The van der Waals surface area contributed by atoms with Crippen molar-refractivity contribution in [3.8, 4) is 0 Å². The second-order valence-corrected chi connectivity index (χ2v) is 7.87. The summed E-state index contributed by atoms with van der Waals surface area (Å²) < 4.78 is 3.87. The van der Waals surface area contributed by atoms with Crippen molar-refractivity contribution in [3.05, 3.63) is 43.6 Å². The van der Waals surface area contributed by atoms with Crippen molar-refractivity contribution in [2.24, 2.45) is 0 Å². The molecule has 0 amide bonds. The van der Waals surface area contributed by atoms with Gasteiger partial charge in [0.1, 0.15) is 16.3 Å². The molecular weight excluding hydrogens is 383 g/mol. The number of aromatic nitrogens is 3. The Kier molecular flexibility index (Phi) is 5.39. The molecule has 1 N–H and O–H groups in total. The number of nitrogens with zero attached hydrogens (tertiary/aromatic N) is 3.